The molecule has 1 heterocycles. The molecule has 0 amide bonds. The number of nitrogens with one attached hydrogen (secondary N) is 2. The van der Waals surface area contributed by atoms with Crippen molar-refractivity contribution in [3.8, 4) is 11.3 Å². The van der Waals surface area contributed by atoms with E-state index >= 15 is 0 Å². The summed E-state index contributed by atoms with van der Waals surface area (Å²) in [5.41, 5.74) is 2.26. The molecule has 0 bridgehead atoms. The first-order chi connectivity index (χ1) is 11.2. The third kappa shape index (κ3) is 5.43. The van der Waals surface area contributed by atoms with Gasteiger partial charge in [-0.25, -0.2) is 9.98 Å². The van der Waals surface area contributed by atoms with E-state index in [1.807, 2.05) is 12.1 Å². The fourth-order valence-corrected chi connectivity index (χ4v) is 2.11. The summed E-state index contributed by atoms with van der Waals surface area (Å²) >= 11 is 0. The van der Waals surface area contributed by atoms with E-state index < -0.39 is 0 Å². The van der Waals surface area contributed by atoms with Crippen LogP contribution in [-0.2, 0) is 6.54 Å². The van der Waals surface area contributed by atoms with E-state index in [2.05, 4.69) is 53.5 Å². The summed E-state index contributed by atoms with van der Waals surface area (Å²) in [4.78, 5) is 8.83. The van der Waals surface area contributed by atoms with Gasteiger partial charge in [-0.05, 0) is 20.3 Å². The first-order valence-electron chi connectivity index (χ1n) is 8.26. The van der Waals surface area contributed by atoms with Gasteiger partial charge in [-0.1, -0.05) is 43.2 Å². The maximum atomic E-state index is 5.79. The van der Waals surface area contributed by atoms with Crippen LogP contribution in [0.1, 0.15) is 38.1 Å². The van der Waals surface area contributed by atoms with Crippen molar-refractivity contribution >= 4 is 5.96 Å². The lowest BCUT2D eigenvalue weighted by Crippen LogP contribution is -2.37. The highest BCUT2D eigenvalue weighted by atomic mass is 16.4. The van der Waals surface area contributed by atoms with E-state index in [4.69, 9.17) is 4.42 Å². The third-order valence-electron chi connectivity index (χ3n) is 3.43. The van der Waals surface area contributed by atoms with Crippen LogP contribution in [0.3, 0.4) is 0 Å². The molecule has 2 N–H and O–H groups in total. The van der Waals surface area contributed by atoms with E-state index in [0.717, 1.165) is 43.2 Å². The molecule has 23 heavy (non-hydrogen) atoms. The molecular weight excluding hydrogens is 288 g/mol. The molecule has 0 aliphatic carbocycles. The summed E-state index contributed by atoms with van der Waals surface area (Å²) in [5, 5.41) is 6.53. The monoisotopic (exact) mass is 314 g/mol. The smallest absolute Gasteiger partial charge is 0.216 e. The van der Waals surface area contributed by atoms with E-state index in [9.17, 15) is 0 Å². The fourth-order valence-electron chi connectivity index (χ4n) is 2.11. The minimum absolute atomic E-state index is 0.424. The molecule has 1 aromatic heterocycles. The summed E-state index contributed by atoms with van der Waals surface area (Å²) in [6.45, 7) is 8.47. The number of aliphatic imine (C=N–C) groups is 1. The van der Waals surface area contributed by atoms with Crippen LogP contribution in [-0.4, -0.2) is 24.0 Å². The van der Waals surface area contributed by atoms with Gasteiger partial charge in [0.1, 0.15) is 6.54 Å². The Kier molecular flexibility index (Phi) is 6.66. The molecule has 2 aromatic rings. The minimum atomic E-state index is 0.424. The average molecular weight is 314 g/mol. The molecule has 1 aromatic carbocycles. The molecule has 0 saturated heterocycles. The molecule has 0 aliphatic rings. The first kappa shape index (κ1) is 17.1. The van der Waals surface area contributed by atoms with Gasteiger partial charge < -0.3 is 15.1 Å². The van der Waals surface area contributed by atoms with Crippen LogP contribution in [0.15, 0.2) is 39.9 Å². The highest BCUT2D eigenvalue weighted by molar-refractivity contribution is 5.79. The summed E-state index contributed by atoms with van der Waals surface area (Å²) in [5.74, 6) is 2.20. The molecule has 0 atom stereocenters. The van der Waals surface area contributed by atoms with Crippen molar-refractivity contribution in [2.75, 3.05) is 13.1 Å². The number of oxazole rings is 1. The Labute approximate surface area is 138 Å². The number of rotatable bonds is 7. The number of unbranched alkanes of at least 4 members (excludes halogenated alkanes) is 1. The third-order valence-corrected chi connectivity index (χ3v) is 3.43. The van der Waals surface area contributed by atoms with E-state index in [0.29, 0.717) is 12.4 Å². The minimum Gasteiger partial charge on any atom is -0.439 e. The SMILES string of the molecule is CCCCNC(=NCc1ncc(-c2ccc(C)cc2)o1)NCC. The second-order valence-electron chi connectivity index (χ2n) is 5.46. The highest BCUT2D eigenvalue weighted by Crippen LogP contribution is 2.20. The van der Waals surface area contributed by atoms with Crippen molar-refractivity contribution in [2.45, 2.75) is 40.2 Å². The Morgan fingerprint density at radius 1 is 1.17 bits per heavy atom. The number of benzene rings is 1. The largest absolute Gasteiger partial charge is 0.439 e. The zero-order chi connectivity index (χ0) is 16.5. The van der Waals surface area contributed by atoms with E-state index in [-0.39, 0.29) is 0 Å². The Morgan fingerprint density at radius 2 is 1.96 bits per heavy atom. The van der Waals surface area contributed by atoms with Gasteiger partial charge >= 0.3 is 0 Å². The molecule has 0 saturated carbocycles. The van der Waals surface area contributed by atoms with Crippen LogP contribution in [0.25, 0.3) is 11.3 Å². The van der Waals surface area contributed by atoms with E-state index in [1.54, 1.807) is 6.20 Å². The zero-order valence-electron chi connectivity index (χ0n) is 14.2. The average Bonchev–Trinajstić information content (AvgIpc) is 3.02. The zero-order valence-corrected chi connectivity index (χ0v) is 14.2. The number of aryl methyl sites for hydroxylation is 1. The van der Waals surface area contributed by atoms with Crippen molar-refractivity contribution in [2.24, 2.45) is 4.99 Å². The molecule has 0 spiro atoms. The summed E-state index contributed by atoms with van der Waals surface area (Å²) in [7, 11) is 0. The Morgan fingerprint density at radius 3 is 2.65 bits per heavy atom. The van der Waals surface area contributed by atoms with Crippen LogP contribution >= 0.6 is 0 Å². The number of hydrogen-bond acceptors (Lipinski definition) is 3. The molecule has 0 unspecified atom stereocenters. The lowest BCUT2D eigenvalue weighted by Gasteiger charge is -2.09. The quantitative estimate of drug-likeness (QED) is 0.466. The van der Waals surface area contributed by atoms with Gasteiger partial charge in [0.15, 0.2) is 11.7 Å². The molecular formula is C18H26N4O. The van der Waals surface area contributed by atoms with E-state index in [1.165, 1.54) is 5.56 Å². The second-order valence-corrected chi connectivity index (χ2v) is 5.46. The molecule has 5 nitrogen and oxygen atoms in total. The normalized spacial score (nSPS) is 11.5. The molecule has 5 heteroatoms. The van der Waals surface area contributed by atoms with Crippen molar-refractivity contribution in [1.82, 2.24) is 15.6 Å². The number of guanidine groups is 1. The standard InChI is InChI=1S/C18H26N4O/c1-4-6-11-20-18(19-5-2)22-13-17-21-12-16(23-17)15-9-7-14(3)8-10-15/h7-10,12H,4-6,11,13H2,1-3H3,(H2,19,20,22). The van der Waals surface area contributed by atoms with Crippen LogP contribution < -0.4 is 10.6 Å². The van der Waals surface area contributed by atoms with Gasteiger partial charge in [0.2, 0.25) is 5.89 Å². The second kappa shape index (κ2) is 8.98. The predicted molar refractivity (Wildman–Crippen MR) is 94.4 cm³/mol. The van der Waals surface area contributed by atoms with Gasteiger partial charge in [-0.2, -0.15) is 0 Å². The van der Waals surface area contributed by atoms with Crippen LogP contribution in [0.2, 0.25) is 0 Å². The number of hydrogen-bond donors (Lipinski definition) is 2. The van der Waals surface area contributed by atoms with Gasteiger partial charge in [-0.15, -0.1) is 0 Å². The molecule has 0 aliphatic heterocycles. The molecule has 2 rings (SSSR count). The Hall–Kier alpha value is -2.30. The van der Waals surface area contributed by atoms with Crippen molar-refractivity contribution in [1.29, 1.82) is 0 Å². The highest BCUT2D eigenvalue weighted by Gasteiger charge is 2.06. The van der Waals surface area contributed by atoms with Crippen LogP contribution in [0.5, 0.6) is 0 Å². The lowest BCUT2D eigenvalue weighted by molar-refractivity contribution is 0.509. The summed E-state index contributed by atoms with van der Waals surface area (Å²) in [6.07, 6.45) is 4.04. The molecule has 124 valence electrons. The lowest BCUT2D eigenvalue weighted by atomic mass is 10.1. The molecule has 0 fully saturated rings. The number of nitrogens with zero attached hydrogens (tertiary/aromatic N) is 2. The molecule has 0 radical (unpaired) electrons. The number of aromatic nitrogens is 1. The fraction of sp³-hybridized carbons (Fsp3) is 0.444. The predicted octanol–water partition coefficient (Wildman–Crippen LogP) is 3.51. The van der Waals surface area contributed by atoms with Gasteiger partial charge in [-0.3, -0.25) is 0 Å². The van der Waals surface area contributed by atoms with Crippen molar-refractivity contribution in [3.05, 3.63) is 41.9 Å². The van der Waals surface area contributed by atoms with Gasteiger partial charge in [0, 0.05) is 18.7 Å². The Bertz CT molecular complexity index is 616. The first-order valence-corrected chi connectivity index (χ1v) is 8.26. The van der Waals surface area contributed by atoms with Crippen molar-refractivity contribution < 1.29 is 4.42 Å². The summed E-state index contributed by atoms with van der Waals surface area (Å²) in [6, 6.07) is 8.21. The summed E-state index contributed by atoms with van der Waals surface area (Å²) < 4.78 is 5.79. The van der Waals surface area contributed by atoms with Crippen LogP contribution in [0.4, 0.5) is 0 Å². The Balaban J connectivity index is 1.99. The van der Waals surface area contributed by atoms with Gasteiger partial charge in [0.25, 0.3) is 0 Å². The maximum Gasteiger partial charge on any atom is 0.216 e. The maximum absolute atomic E-state index is 5.79. The van der Waals surface area contributed by atoms with Crippen LogP contribution in [0, 0.1) is 6.92 Å². The van der Waals surface area contributed by atoms with Gasteiger partial charge in [0.05, 0.1) is 6.20 Å². The van der Waals surface area contributed by atoms with Crippen molar-refractivity contribution in [3.63, 3.8) is 0 Å². The topological polar surface area (TPSA) is 62.5 Å².